The summed E-state index contributed by atoms with van der Waals surface area (Å²) < 4.78 is 5.83. The van der Waals surface area contributed by atoms with E-state index in [1.54, 1.807) is 23.5 Å². The molecular formula is C19H22N4O2S. The molecule has 0 unspecified atom stereocenters. The predicted octanol–water partition coefficient (Wildman–Crippen LogP) is 2.84. The summed E-state index contributed by atoms with van der Waals surface area (Å²) in [6, 6.07) is 7.42. The molecule has 7 heteroatoms. The third-order valence-corrected chi connectivity index (χ3v) is 5.18. The zero-order valence-electron chi connectivity index (χ0n) is 14.9. The zero-order chi connectivity index (χ0) is 18.7. The summed E-state index contributed by atoms with van der Waals surface area (Å²) in [6.45, 7) is 5.45. The van der Waals surface area contributed by atoms with Crippen molar-refractivity contribution in [3.8, 4) is 16.2 Å². The van der Waals surface area contributed by atoms with Gasteiger partial charge in [-0.15, -0.1) is 11.3 Å². The average molecular weight is 370 g/mol. The third-order valence-electron chi connectivity index (χ3n) is 3.97. The molecule has 6 nitrogen and oxygen atoms in total. The largest absolute Gasteiger partial charge is 0.493 e. The van der Waals surface area contributed by atoms with Gasteiger partial charge >= 0.3 is 0 Å². The lowest BCUT2D eigenvalue weighted by atomic mass is 10.1. The van der Waals surface area contributed by atoms with Gasteiger partial charge in [0.25, 0.3) is 0 Å². The maximum atomic E-state index is 11.4. The van der Waals surface area contributed by atoms with E-state index in [2.05, 4.69) is 29.9 Å². The number of benzene rings is 1. The van der Waals surface area contributed by atoms with E-state index in [1.165, 1.54) is 11.9 Å². The number of primary amides is 1. The number of fused-ring (bicyclic) bond motifs is 3. The number of amidine groups is 1. The van der Waals surface area contributed by atoms with E-state index in [-0.39, 0.29) is 0 Å². The minimum atomic E-state index is -0.465. The first-order chi connectivity index (χ1) is 12.5. The molecule has 1 amide bonds. The van der Waals surface area contributed by atoms with Crippen LogP contribution in [0.1, 0.15) is 34.6 Å². The molecule has 1 aliphatic heterocycles. The van der Waals surface area contributed by atoms with E-state index in [0.29, 0.717) is 36.2 Å². The Labute approximate surface area is 156 Å². The van der Waals surface area contributed by atoms with E-state index < -0.39 is 5.91 Å². The molecule has 136 valence electrons. The number of hydrogen-bond donors (Lipinski definition) is 2. The number of thiophene rings is 1. The topological polar surface area (TPSA) is 103 Å². The van der Waals surface area contributed by atoms with E-state index in [0.717, 1.165) is 21.7 Å². The van der Waals surface area contributed by atoms with E-state index in [9.17, 15) is 4.79 Å². The second kappa shape index (κ2) is 7.70. The van der Waals surface area contributed by atoms with Gasteiger partial charge in [0.15, 0.2) is 5.84 Å². The SMILES string of the molecule is CC(C)CN=C(N=CN)c1cc2c(s1)-c1ccc(C(N)=O)cc1OCC2. The molecule has 0 saturated carbocycles. The number of aliphatic imine (C=N–C) groups is 2. The van der Waals surface area contributed by atoms with E-state index in [4.69, 9.17) is 16.2 Å². The normalized spacial score (nSPS) is 14.0. The molecule has 1 aromatic carbocycles. The molecule has 26 heavy (non-hydrogen) atoms. The summed E-state index contributed by atoms with van der Waals surface area (Å²) in [4.78, 5) is 22.4. The molecule has 1 aliphatic rings. The fourth-order valence-electron chi connectivity index (χ4n) is 2.73. The first kappa shape index (κ1) is 18.1. The number of carbonyl (C=O) groups is 1. The summed E-state index contributed by atoms with van der Waals surface area (Å²) in [7, 11) is 0. The van der Waals surface area contributed by atoms with Crippen molar-refractivity contribution < 1.29 is 9.53 Å². The second-order valence-electron chi connectivity index (χ2n) is 6.47. The highest BCUT2D eigenvalue weighted by Crippen LogP contribution is 2.41. The number of hydrogen-bond acceptors (Lipinski definition) is 4. The molecule has 0 atom stereocenters. The minimum absolute atomic E-state index is 0.441. The average Bonchev–Trinajstić information content (AvgIpc) is 2.94. The Balaban J connectivity index is 2.05. The van der Waals surface area contributed by atoms with Gasteiger partial charge in [-0.2, -0.15) is 0 Å². The van der Waals surface area contributed by atoms with Crippen LogP contribution in [0.5, 0.6) is 5.75 Å². The molecule has 0 saturated heterocycles. The fraction of sp³-hybridized carbons (Fsp3) is 0.316. The van der Waals surface area contributed by atoms with Crippen molar-refractivity contribution in [3.05, 3.63) is 40.3 Å². The molecule has 0 radical (unpaired) electrons. The number of amides is 1. The van der Waals surface area contributed by atoms with Crippen LogP contribution < -0.4 is 16.2 Å². The summed E-state index contributed by atoms with van der Waals surface area (Å²) in [5, 5.41) is 0. The van der Waals surface area contributed by atoms with Crippen LogP contribution in [0.15, 0.2) is 34.3 Å². The van der Waals surface area contributed by atoms with Crippen molar-refractivity contribution >= 4 is 29.4 Å². The van der Waals surface area contributed by atoms with Gasteiger partial charge in [0.05, 0.1) is 17.8 Å². The Morgan fingerprint density at radius 2 is 2.19 bits per heavy atom. The van der Waals surface area contributed by atoms with Crippen molar-refractivity contribution in [2.45, 2.75) is 20.3 Å². The zero-order valence-corrected chi connectivity index (χ0v) is 15.7. The Kier molecular flexibility index (Phi) is 5.37. The molecule has 4 N–H and O–H groups in total. The monoisotopic (exact) mass is 370 g/mol. The summed E-state index contributed by atoms with van der Waals surface area (Å²) in [5.41, 5.74) is 13.5. The molecule has 3 rings (SSSR count). The van der Waals surface area contributed by atoms with Crippen molar-refractivity contribution in [2.75, 3.05) is 13.2 Å². The lowest BCUT2D eigenvalue weighted by molar-refractivity contribution is 0.1000. The molecule has 1 aromatic heterocycles. The maximum Gasteiger partial charge on any atom is 0.248 e. The van der Waals surface area contributed by atoms with Crippen molar-refractivity contribution in [3.63, 3.8) is 0 Å². The van der Waals surface area contributed by atoms with Crippen LogP contribution in [0.4, 0.5) is 0 Å². The first-order valence-corrected chi connectivity index (χ1v) is 9.30. The van der Waals surface area contributed by atoms with Crippen molar-refractivity contribution in [2.24, 2.45) is 27.4 Å². The van der Waals surface area contributed by atoms with Crippen LogP contribution in [0, 0.1) is 5.92 Å². The van der Waals surface area contributed by atoms with Crippen LogP contribution in [0.3, 0.4) is 0 Å². The molecule has 0 bridgehead atoms. The van der Waals surface area contributed by atoms with Gasteiger partial charge < -0.3 is 16.2 Å². The standard InChI is InChI=1S/C19H22N4O2S/c1-11(2)9-22-19(23-10-20)16-8-12-5-6-25-15-7-13(18(21)24)3-4-14(15)17(12)26-16/h3-4,7-8,10-11H,5-6,9H2,1-2H3,(H2,21,24)(H2,20,22,23). The number of rotatable bonds is 4. The number of ether oxygens (including phenoxy) is 1. The quantitative estimate of drug-likeness (QED) is 0.639. The predicted molar refractivity (Wildman–Crippen MR) is 106 cm³/mol. The highest BCUT2D eigenvalue weighted by Gasteiger charge is 2.21. The fourth-order valence-corrected chi connectivity index (χ4v) is 3.93. The molecule has 0 spiro atoms. The van der Waals surface area contributed by atoms with Crippen LogP contribution in [0.2, 0.25) is 0 Å². The van der Waals surface area contributed by atoms with E-state index in [1.807, 2.05) is 6.07 Å². The first-order valence-electron chi connectivity index (χ1n) is 8.48. The molecule has 2 heterocycles. The second-order valence-corrected chi connectivity index (χ2v) is 7.53. The minimum Gasteiger partial charge on any atom is -0.493 e. The maximum absolute atomic E-state index is 11.4. The number of nitrogens with two attached hydrogens (primary N) is 2. The van der Waals surface area contributed by atoms with Gasteiger partial charge in [-0.25, -0.2) is 4.99 Å². The third kappa shape index (κ3) is 3.77. The van der Waals surface area contributed by atoms with Crippen molar-refractivity contribution in [1.82, 2.24) is 0 Å². The Morgan fingerprint density at radius 1 is 1.38 bits per heavy atom. The Hall–Kier alpha value is -2.67. The highest BCUT2D eigenvalue weighted by molar-refractivity contribution is 7.17. The highest BCUT2D eigenvalue weighted by atomic mass is 32.1. The van der Waals surface area contributed by atoms with Gasteiger partial charge in [0.1, 0.15) is 5.75 Å². The van der Waals surface area contributed by atoms with Crippen LogP contribution in [-0.2, 0) is 6.42 Å². The van der Waals surface area contributed by atoms with Gasteiger partial charge in [0.2, 0.25) is 5.91 Å². The van der Waals surface area contributed by atoms with Crippen molar-refractivity contribution in [1.29, 1.82) is 0 Å². The molecule has 0 aliphatic carbocycles. The van der Waals surface area contributed by atoms with Gasteiger partial charge in [-0.3, -0.25) is 9.79 Å². The summed E-state index contributed by atoms with van der Waals surface area (Å²) in [6.07, 6.45) is 2.05. The van der Waals surface area contributed by atoms with Crippen LogP contribution in [0.25, 0.3) is 10.4 Å². The molecule has 0 fully saturated rings. The van der Waals surface area contributed by atoms with Gasteiger partial charge in [-0.1, -0.05) is 13.8 Å². The lowest BCUT2D eigenvalue weighted by Crippen LogP contribution is -2.11. The van der Waals surface area contributed by atoms with Gasteiger partial charge in [-0.05, 0) is 35.7 Å². The lowest BCUT2D eigenvalue weighted by Gasteiger charge is -2.08. The Morgan fingerprint density at radius 3 is 2.88 bits per heavy atom. The van der Waals surface area contributed by atoms with E-state index >= 15 is 0 Å². The van der Waals surface area contributed by atoms with Crippen LogP contribution in [-0.4, -0.2) is 31.2 Å². The number of nitrogens with zero attached hydrogens (tertiary/aromatic N) is 2. The van der Waals surface area contributed by atoms with Gasteiger partial charge in [0, 0.05) is 29.0 Å². The Bertz CT molecular complexity index is 884. The van der Waals surface area contributed by atoms with Crippen LogP contribution >= 0.6 is 11.3 Å². The molecular weight excluding hydrogens is 348 g/mol. The summed E-state index contributed by atoms with van der Waals surface area (Å²) in [5.74, 6) is 1.30. The number of carbonyl (C=O) groups excluding carboxylic acids is 1. The smallest absolute Gasteiger partial charge is 0.248 e. The molecule has 2 aromatic rings. The summed E-state index contributed by atoms with van der Waals surface area (Å²) >= 11 is 1.61.